The van der Waals surface area contributed by atoms with E-state index in [9.17, 15) is 19.5 Å². The third-order valence-electron chi connectivity index (χ3n) is 5.90. The van der Waals surface area contributed by atoms with E-state index in [1.807, 2.05) is 0 Å². The number of carboxylic acid groups (broad SMARTS) is 1. The fourth-order valence-corrected chi connectivity index (χ4v) is 4.90. The quantitative estimate of drug-likeness (QED) is 0.831. The first-order valence-electron chi connectivity index (χ1n) is 8.01. The van der Waals surface area contributed by atoms with Crippen molar-refractivity contribution in [2.24, 2.45) is 5.41 Å². The van der Waals surface area contributed by atoms with Gasteiger partial charge in [0.2, 0.25) is 6.79 Å². The second kappa shape index (κ2) is 4.28. The van der Waals surface area contributed by atoms with Crippen molar-refractivity contribution < 1.29 is 29.0 Å². The zero-order valence-electron chi connectivity index (χ0n) is 12.8. The summed E-state index contributed by atoms with van der Waals surface area (Å²) in [6.45, 7) is 0.468. The first-order chi connectivity index (χ1) is 11.5. The van der Waals surface area contributed by atoms with Gasteiger partial charge < -0.3 is 19.5 Å². The zero-order chi connectivity index (χ0) is 16.6. The molecule has 4 aliphatic rings. The van der Waals surface area contributed by atoms with Gasteiger partial charge in [0.25, 0.3) is 5.91 Å². The molecular formula is C17H15NO6. The Balaban J connectivity index is 1.73. The molecule has 1 saturated heterocycles. The van der Waals surface area contributed by atoms with Crippen LogP contribution in [0.1, 0.15) is 41.1 Å². The molecule has 7 heteroatoms. The first kappa shape index (κ1) is 13.8. The van der Waals surface area contributed by atoms with E-state index in [-0.39, 0.29) is 37.2 Å². The van der Waals surface area contributed by atoms with Crippen LogP contribution in [0.5, 0.6) is 11.5 Å². The molecule has 24 heavy (non-hydrogen) atoms. The summed E-state index contributed by atoms with van der Waals surface area (Å²) >= 11 is 0. The first-order valence-corrected chi connectivity index (χ1v) is 8.01. The van der Waals surface area contributed by atoms with Gasteiger partial charge in [-0.3, -0.25) is 14.4 Å². The lowest BCUT2D eigenvalue weighted by molar-refractivity contribution is -0.156. The number of fused-ring (bicyclic) bond motifs is 3. The smallest absolute Gasteiger partial charge is 0.312 e. The molecule has 0 bridgehead atoms. The van der Waals surface area contributed by atoms with Gasteiger partial charge in [0, 0.05) is 30.9 Å². The minimum absolute atomic E-state index is 0.00711. The Morgan fingerprint density at radius 1 is 1.25 bits per heavy atom. The Hall–Kier alpha value is -2.57. The molecule has 0 unspecified atom stereocenters. The molecule has 1 saturated carbocycles. The standard InChI is InChI=1S/C17H15NO6/c19-8-3-10-9-4-12-13(24-7-23-12)5-11(9)15(20)18-2-1-17(6-8,14(10)18)16(21)22/h4-5,10,14H,1-3,6-7H2,(H,21,22)/t10-,14-,17-/m0/s1. The maximum absolute atomic E-state index is 12.9. The number of rotatable bonds is 1. The molecule has 1 aliphatic carbocycles. The highest BCUT2D eigenvalue weighted by atomic mass is 16.7. The molecule has 3 atom stereocenters. The summed E-state index contributed by atoms with van der Waals surface area (Å²) in [6, 6.07) is 2.95. The Kier molecular flexibility index (Phi) is 2.47. The number of benzene rings is 1. The van der Waals surface area contributed by atoms with Crippen molar-refractivity contribution in [3.63, 3.8) is 0 Å². The molecule has 124 valence electrons. The molecular weight excluding hydrogens is 314 g/mol. The van der Waals surface area contributed by atoms with Crippen LogP contribution >= 0.6 is 0 Å². The number of aliphatic carboxylic acids is 1. The topological polar surface area (TPSA) is 93.1 Å². The van der Waals surface area contributed by atoms with Gasteiger partial charge in [0.1, 0.15) is 5.78 Å². The van der Waals surface area contributed by atoms with Gasteiger partial charge in [0.15, 0.2) is 11.5 Å². The molecule has 1 amide bonds. The highest BCUT2D eigenvalue weighted by molar-refractivity contribution is 6.01. The van der Waals surface area contributed by atoms with Crippen molar-refractivity contribution >= 4 is 17.7 Å². The van der Waals surface area contributed by atoms with E-state index in [1.165, 1.54) is 0 Å². The summed E-state index contributed by atoms with van der Waals surface area (Å²) in [5.74, 6) is -0.448. The third-order valence-corrected chi connectivity index (χ3v) is 5.90. The van der Waals surface area contributed by atoms with Crippen molar-refractivity contribution in [3.8, 4) is 11.5 Å². The normalized spacial score (nSPS) is 32.6. The van der Waals surface area contributed by atoms with Crippen LogP contribution < -0.4 is 9.47 Å². The molecule has 0 spiro atoms. The Morgan fingerprint density at radius 3 is 2.75 bits per heavy atom. The van der Waals surface area contributed by atoms with Crippen LogP contribution in [0.4, 0.5) is 0 Å². The van der Waals surface area contributed by atoms with Crippen LogP contribution in [0.15, 0.2) is 12.1 Å². The average molecular weight is 329 g/mol. The minimum Gasteiger partial charge on any atom is -0.481 e. The van der Waals surface area contributed by atoms with Crippen molar-refractivity contribution in [1.29, 1.82) is 0 Å². The number of carbonyl (C=O) groups is 3. The number of carbonyl (C=O) groups excluding carboxylic acids is 2. The predicted octanol–water partition coefficient (Wildman–Crippen LogP) is 1.16. The number of carboxylic acids is 1. The fraction of sp³-hybridized carbons (Fsp3) is 0.471. The lowest BCUT2D eigenvalue weighted by Crippen LogP contribution is -2.56. The number of hydrogen-bond acceptors (Lipinski definition) is 5. The van der Waals surface area contributed by atoms with E-state index in [0.717, 1.165) is 0 Å². The molecule has 1 aromatic carbocycles. The number of Topliss-reactive ketones (excluding diaryl/α,β-unsaturated/α-hetero) is 1. The maximum atomic E-state index is 12.9. The monoisotopic (exact) mass is 329 g/mol. The lowest BCUT2D eigenvalue weighted by atomic mass is 9.62. The van der Waals surface area contributed by atoms with Crippen molar-refractivity contribution in [3.05, 3.63) is 23.3 Å². The van der Waals surface area contributed by atoms with E-state index >= 15 is 0 Å². The van der Waals surface area contributed by atoms with E-state index in [0.29, 0.717) is 35.6 Å². The molecule has 5 rings (SSSR count). The van der Waals surface area contributed by atoms with Crippen LogP contribution in [-0.4, -0.2) is 47.0 Å². The SMILES string of the molecule is O=C1C[C@H]2c3cc4c(cc3C(=O)N3CC[C@](C(=O)O)(C1)[C@H]23)OCO4. The van der Waals surface area contributed by atoms with Gasteiger partial charge in [-0.25, -0.2) is 0 Å². The molecule has 0 radical (unpaired) electrons. The highest BCUT2D eigenvalue weighted by Gasteiger charge is 2.63. The molecule has 3 aliphatic heterocycles. The average Bonchev–Trinajstić information content (AvgIpc) is 3.15. The van der Waals surface area contributed by atoms with Crippen LogP contribution in [0.3, 0.4) is 0 Å². The Labute approximate surface area is 137 Å². The number of ketones is 1. The van der Waals surface area contributed by atoms with Crippen molar-refractivity contribution in [2.45, 2.75) is 31.2 Å². The molecule has 3 heterocycles. The van der Waals surface area contributed by atoms with Crippen molar-refractivity contribution in [2.75, 3.05) is 13.3 Å². The van der Waals surface area contributed by atoms with Crippen molar-refractivity contribution in [1.82, 2.24) is 4.90 Å². The van der Waals surface area contributed by atoms with Gasteiger partial charge in [-0.2, -0.15) is 0 Å². The third kappa shape index (κ3) is 1.50. The largest absolute Gasteiger partial charge is 0.481 e. The second-order valence-corrected chi connectivity index (χ2v) is 6.97. The summed E-state index contributed by atoms with van der Waals surface area (Å²) < 4.78 is 10.8. The Morgan fingerprint density at radius 2 is 2.00 bits per heavy atom. The summed E-state index contributed by atoms with van der Waals surface area (Å²) in [5, 5.41) is 9.83. The van der Waals surface area contributed by atoms with Gasteiger partial charge in [0.05, 0.1) is 11.5 Å². The molecule has 2 fully saturated rings. The van der Waals surface area contributed by atoms with E-state index in [4.69, 9.17) is 9.47 Å². The van der Waals surface area contributed by atoms with E-state index < -0.39 is 17.4 Å². The lowest BCUT2D eigenvalue weighted by Gasteiger charge is -2.46. The van der Waals surface area contributed by atoms with Gasteiger partial charge >= 0.3 is 5.97 Å². The van der Waals surface area contributed by atoms with Crippen LogP contribution in [0, 0.1) is 5.41 Å². The van der Waals surface area contributed by atoms with Gasteiger partial charge in [-0.1, -0.05) is 0 Å². The van der Waals surface area contributed by atoms with Gasteiger partial charge in [-0.15, -0.1) is 0 Å². The Bertz CT molecular complexity index is 818. The molecule has 0 aromatic heterocycles. The van der Waals surface area contributed by atoms with Crippen LogP contribution in [0.2, 0.25) is 0 Å². The predicted molar refractivity (Wildman–Crippen MR) is 79.1 cm³/mol. The highest BCUT2D eigenvalue weighted by Crippen LogP contribution is 2.56. The minimum atomic E-state index is -1.16. The molecule has 7 nitrogen and oxygen atoms in total. The summed E-state index contributed by atoms with van der Waals surface area (Å²) in [4.78, 5) is 38.9. The maximum Gasteiger partial charge on any atom is 0.312 e. The van der Waals surface area contributed by atoms with Crippen LogP contribution in [-0.2, 0) is 9.59 Å². The second-order valence-electron chi connectivity index (χ2n) is 6.97. The number of hydrogen-bond donors (Lipinski definition) is 1. The summed E-state index contributed by atoms with van der Waals surface area (Å²) in [6.07, 6.45) is 0.588. The number of nitrogens with zero attached hydrogens (tertiary/aromatic N) is 1. The summed E-state index contributed by atoms with van der Waals surface area (Å²) in [5.41, 5.74) is 0.0476. The van der Waals surface area contributed by atoms with Crippen LogP contribution in [0.25, 0.3) is 0 Å². The molecule has 1 N–H and O–H groups in total. The van der Waals surface area contributed by atoms with E-state index in [1.54, 1.807) is 17.0 Å². The zero-order valence-corrected chi connectivity index (χ0v) is 12.8. The summed E-state index contributed by atoms with van der Waals surface area (Å²) in [7, 11) is 0. The number of amides is 1. The van der Waals surface area contributed by atoms with Gasteiger partial charge in [-0.05, 0) is 24.1 Å². The fourth-order valence-electron chi connectivity index (χ4n) is 4.90. The molecule has 1 aromatic rings. The van der Waals surface area contributed by atoms with E-state index in [2.05, 4.69) is 0 Å². The number of ether oxygens (including phenoxy) is 2.